The number of benzene rings is 1. The monoisotopic (exact) mass is 205 g/mol. The van der Waals surface area contributed by atoms with Gasteiger partial charge >= 0.3 is 0 Å². The highest BCUT2D eigenvalue weighted by atomic mass is 32.1. The van der Waals surface area contributed by atoms with Crippen molar-refractivity contribution in [2.75, 3.05) is 13.2 Å². The minimum absolute atomic E-state index is 0.556. The SMILES string of the molecule is c1cc([C@H]2CCOC2)c2ncsc2c1. The fourth-order valence-electron chi connectivity index (χ4n) is 2.02. The molecule has 14 heavy (non-hydrogen) atoms. The number of hydrogen-bond acceptors (Lipinski definition) is 3. The maximum atomic E-state index is 5.41. The van der Waals surface area contributed by atoms with Crippen molar-refractivity contribution in [3.8, 4) is 0 Å². The Morgan fingerprint density at radius 3 is 3.29 bits per heavy atom. The van der Waals surface area contributed by atoms with Gasteiger partial charge in [-0.25, -0.2) is 4.98 Å². The van der Waals surface area contributed by atoms with E-state index < -0.39 is 0 Å². The lowest BCUT2D eigenvalue weighted by Crippen LogP contribution is -1.97. The van der Waals surface area contributed by atoms with Crippen molar-refractivity contribution in [2.24, 2.45) is 0 Å². The molecule has 1 aliphatic rings. The molecule has 0 aliphatic carbocycles. The Morgan fingerprint density at radius 2 is 2.43 bits per heavy atom. The first-order chi connectivity index (χ1) is 6.95. The summed E-state index contributed by atoms with van der Waals surface area (Å²) in [5.41, 5.74) is 4.46. The molecule has 0 amide bonds. The Hall–Kier alpha value is -0.930. The maximum Gasteiger partial charge on any atom is 0.0847 e. The number of rotatable bonds is 1. The maximum absolute atomic E-state index is 5.41. The summed E-state index contributed by atoms with van der Waals surface area (Å²) in [6.45, 7) is 1.75. The zero-order valence-corrected chi connectivity index (χ0v) is 8.59. The van der Waals surface area contributed by atoms with E-state index in [1.165, 1.54) is 15.8 Å². The standard InChI is InChI=1S/C11H11NOS/c1-2-9(8-4-5-13-6-8)11-10(3-1)14-7-12-11/h1-3,7-8H,4-6H2/t8-/m0/s1. The van der Waals surface area contributed by atoms with Crippen LogP contribution >= 0.6 is 11.3 Å². The Bertz CT molecular complexity index is 445. The molecule has 1 aromatic heterocycles. The van der Waals surface area contributed by atoms with E-state index in [2.05, 4.69) is 23.2 Å². The second-order valence-electron chi connectivity index (χ2n) is 3.61. The molecule has 2 aromatic rings. The molecule has 1 atom stereocenters. The molecule has 3 heteroatoms. The molecule has 0 saturated carbocycles. The summed E-state index contributed by atoms with van der Waals surface area (Å²) in [5.74, 6) is 0.556. The number of fused-ring (bicyclic) bond motifs is 1. The fraction of sp³-hybridized carbons (Fsp3) is 0.364. The summed E-state index contributed by atoms with van der Waals surface area (Å²) in [6, 6.07) is 6.43. The second kappa shape index (κ2) is 3.33. The quantitative estimate of drug-likeness (QED) is 0.714. The molecule has 0 bridgehead atoms. The Labute approximate surface area is 86.5 Å². The Balaban J connectivity index is 2.14. The lowest BCUT2D eigenvalue weighted by atomic mass is 9.98. The predicted octanol–water partition coefficient (Wildman–Crippen LogP) is 2.80. The molecule has 72 valence electrons. The number of aromatic nitrogens is 1. The zero-order chi connectivity index (χ0) is 9.38. The molecule has 0 spiro atoms. The first-order valence-electron chi connectivity index (χ1n) is 4.85. The number of hydrogen-bond donors (Lipinski definition) is 0. The van der Waals surface area contributed by atoms with Crippen LogP contribution in [0.1, 0.15) is 17.9 Å². The molecule has 0 unspecified atom stereocenters. The number of ether oxygens (including phenoxy) is 1. The van der Waals surface area contributed by atoms with E-state index in [9.17, 15) is 0 Å². The van der Waals surface area contributed by atoms with Crippen molar-refractivity contribution in [3.05, 3.63) is 29.3 Å². The average molecular weight is 205 g/mol. The average Bonchev–Trinajstić information content (AvgIpc) is 2.88. The molecule has 0 N–H and O–H groups in total. The minimum Gasteiger partial charge on any atom is -0.381 e. The largest absolute Gasteiger partial charge is 0.381 e. The first-order valence-corrected chi connectivity index (χ1v) is 5.73. The number of thiazole rings is 1. The summed E-state index contributed by atoms with van der Waals surface area (Å²) >= 11 is 1.71. The van der Waals surface area contributed by atoms with E-state index >= 15 is 0 Å². The summed E-state index contributed by atoms with van der Waals surface area (Å²) in [5, 5.41) is 0. The number of nitrogens with zero attached hydrogens (tertiary/aromatic N) is 1. The van der Waals surface area contributed by atoms with Crippen molar-refractivity contribution in [1.82, 2.24) is 4.98 Å². The molecule has 1 aliphatic heterocycles. The molecular formula is C11H11NOS. The van der Waals surface area contributed by atoms with Gasteiger partial charge in [0.15, 0.2) is 0 Å². The topological polar surface area (TPSA) is 22.1 Å². The van der Waals surface area contributed by atoms with E-state index in [4.69, 9.17) is 4.74 Å². The van der Waals surface area contributed by atoms with Crippen LogP contribution in [0.25, 0.3) is 10.2 Å². The molecule has 0 radical (unpaired) electrons. The van der Waals surface area contributed by atoms with E-state index in [0.29, 0.717) is 5.92 Å². The van der Waals surface area contributed by atoms with Crippen LogP contribution in [-0.2, 0) is 4.74 Å². The van der Waals surface area contributed by atoms with E-state index in [0.717, 1.165) is 19.6 Å². The van der Waals surface area contributed by atoms with Crippen molar-refractivity contribution < 1.29 is 4.74 Å². The fourth-order valence-corrected chi connectivity index (χ4v) is 2.73. The van der Waals surface area contributed by atoms with Gasteiger partial charge in [0.1, 0.15) is 0 Å². The van der Waals surface area contributed by atoms with Gasteiger partial charge in [0.25, 0.3) is 0 Å². The summed E-state index contributed by atoms with van der Waals surface area (Å²) < 4.78 is 6.70. The third-order valence-electron chi connectivity index (χ3n) is 2.76. The molecule has 1 aromatic carbocycles. The van der Waals surface area contributed by atoms with Crippen molar-refractivity contribution >= 4 is 21.6 Å². The molecular weight excluding hydrogens is 194 g/mol. The lowest BCUT2D eigenvalue weighted by molar-refractivity contribution is 0.194. The minimum atomic E-state index is 0.556. The van der Waals surface area contributed by atoms with Crippen LogP contribution in [0.3, 0.4) is 0 Å². The highest BCUT2D eigenvalue weighted by molar-refractivity contribution is 7.16. The second-order valence-corrected chi connectivity index (χ2v) is 4.49. The van der Waals surface area contributed by atoms with Gasteiger partial charge in [0.2, 0.25) is 0 Å². The van der Waals surface area contributed by atoms with E-state index in [1.807, 2.05) is 5.51 Å². The van der Waals surface area contributed by atoms with Gasteiger partial charge in [-0.1, -0.05) is 12.1 Å². The molecule has 2 nitrogen and oxygen atoms in total. The predicted molar refractivity (Wildman–Crippen MR) is 57.8 cm³/mol. The molecule has 2 heterocycles. The smallest absolute Gasteiger partial charge is 0.0847 e. The van der Waals surface area contributed by atoms with Crippen molar-refractivity contribution in [3.63, 3.8) is 0 Å². The van der Waals surface area contributed by atoms with Crippen molar-refractivity contribution in [2.45, 2.75) is 12.3 Å². The van der Waals surface area contributed by atoms with Gasteiger partial charge in [-0.15, -0.1) is 11.3 Å². The zero-order valence-electron chi connectivity index (χ0n) is 7.77. The van der Waals surface area contributed by atoms with Gasteiger partial charge in [-0.2, -0.15) is 0 Å². The lowest BCUT2D eigenvalue weighted by Gasteiger charge is -2.07. The normalized spacial score (nSPS) is 21.9. The van der Waals surface area contributed by atoms with E-state index in [-0.39, 0.29) is 0 Å². The van der Waals surface area contributed by atoms with Crippen LogP contribution in [0.4, 0.5) is 0 Å². The van der Waals surface area contributed by atoms with Crippen LogP contribution in [0.15, 0.2) is 23.7 Å². The van der Waals surface area contributed by atoms with Crippen LogP contribution in [-0.4, -0.2) is 18.2 Å². The van der Waals surface area contributed by atoms with Crippen LogP contribution in [0, 0.1) is 0 Å². The summed E-state index contributed by atoms with van der Waals surface area (Å²) in [6.07, 6.45) is 1.14. The Morgan fingerprint density at radius 1 is 1.43 bits per heavy atom. The molecule has 1 saturated heterocycles. The van der Waals surface area contributed by atoms with Gasteiger partial charge < -0.3 is 4.74 Å². The van der Waals surface area contributed by atoms with Gasteiger partial charge in [-0.05, 0) is 18.1 Å². The van der Waals surface area contributed by atoms with Crippen LogP contribution in [0.2, 0.25) is 0 Å². The number of para-hydroxylation sites is 1. The van der Waals surface area contributed by atoms with Gasteiger partial charge in [-0.3, -0.25) is 0 Å². The molecule has 3 rings (SSSR count). The van der Waals surface area contributed by atoms with Crippen LogP contribution < -0.4 is 0 Å². The summed E-state index contributed by atoms with van der Waals surface area (Å²) in [7, 11) is 0. The highest BCUT2D eigenvalue weighted by Gasteiger charge is 2.20. The van der Waals surface area contributed by atoms with Crippen molar-refractivity contribution in [1.29, 1.82) is 0 Å². The van der Waals surface area contributed by atoms with Crippen LogP contribution in [0.5, 0.6) is 0 Å². The van der Waals surface area contributed by atoms with Gasteiger partial charge in [0.05, 0.1) is 22.3 Å². The third kappa shape index (κ3) is 1.24. The highest BCUT2D eigenvalue weighted by Crippen LogP contribution is 2.31. The Kier molecular flexibility index (Phi) is 2.00. The molecule has 1 fully saturated rings. The summed E-state index contributed by atoms with van der Waals surface area (Å²) in [4.78, 5) is 4.43. The van der Waals surface area contributed by atoms with E-state index in [1.54, 1.807) is 11.3 Å². The third-order valence-corrected chi connectivity index (χ3v) is 3.56. The van der Waals surface area contributed by atoms with Gasteiger partial charge in [0, 0.05) is 12.5 Å². The first kappa shape index (κ1) is 8.38.